The minimum atomic E-state index is 0.216. The van der Waals surface area contributed by atoms with E-state index in [1.54, 1.807) is 18.2 Å². The van der Waals surface area contributed by atoms with Crippen LogP contribution in [0.5, 0.6) is 0 Å². The second kappa shape index (κ2) is 7.56. The van der Waals surface area contributed by atoms with E-state index >= 15 is 0 Å². The van der Waals surface area contributed by atoms with Gasteiger partial charge in [-0.3, -0.25) is 0 Å². The summed E-state index contributed by atoms with van der Waals surface area (Å²) < 4.78 is 5.61. The lowest BCUT2D eigenvalue weighted by Gasteiger charge is -2.05. The molecule has 1 aliphatic rings. The van der Waals surface area contributed by atoms with E-state index in [0.29, 0.717) is 5.76 Å². The molecule has 0 spiro atoms. The number of nitriles is 2. The molecule has 3 nitrogen and oxygen atoms in total. The molecular weight excluding hydrogens is 236 g/mol. The molecule has 0 atom stereocenters. The van der Waals surface area contributed by atoms with Gasteiger partial charge in [-0.25, -0.2) is 0 Å². The van der Waals surface area contributed by atoms with Crippen molar-refractivity contribution in [3.05, 3.63) is 64.9 Å². The van der Waals surface area contributed by atoms with E-state index in [-0.39, 0.29) is 11.1 Å². The van der Waals surface area contributed by atoms with Crippen molar-refractivity contribution in [2.45, 2.75) is 20.3 Å². The molecule has 0 amide bonds. The van der Waals surface area contributed by atoms with E-state index in [0.717, 1.165) is 12.2 Å². The monoisotopic (exact) mass is 250 g/mol. The van der Waals surface area contributed by atoms with Crippen molar-refractivity contribution in [1.82, 2.24) is 0 Å². The molecule has 0 saturated carbocycles. The topological polar surface area (TPSA) is 56.8 Å². The van der Waals surface area contributed by atoms with Crippen LogP contribution in [0.1, 0.15) is 20.3 Å². The van der Waals surface area contributed by atoms with E-state index in [9.17, 15) is 0 Å². The number of hydrogen-bond donors (Lipinski definition) is 0. The first-order valence-electron chi connectivity index (χ1n) is 5.86. The van der Waals surface area contributed by atoms with E-state index < -0.39 is 0 Å². The van der Waals surface area contributed by atoms with Crippen LogP contribution in [-0.4, -0.2) is 0 Å². The summed E-state index contributed by atoms with van der Waals surface area (Å²) in [6.45, 7) is 3.80. The number of ether oxygens (including phenoxy) is 1. The Balaban J connectivity index is 2.87. The summed E-state index contributed by atoms with van der Waals surface area (Å²) >= 11 is 0. The fraction of sp³-hybridized carbons (Fsp3) is 0.188. The maximum atomic E-state index is 8.99. The first-order chi connectivity index (χ1) is 9.21. The van der Waals surface area contributed by atoms with Crippen molar-refractivity contribution in [3.63, 3.8) is 0 Å². The van der Waals surface area contributed by atoms with E-state index in [2.05, 4.69) is 5.73 Å². The molecule has 0 N–H and O–H groups in total. The van der Waals surface area contributed by atoms with Crippen molar-refractivity contribution in [3.8, 4) is 12.1 Å². The quantitative estimate of drug-likeness (QED) is 0.433. The normalized spacial score (nSPS) is 14.9. The summed E-state index contributed by atoms with van der Waals surface area (Å²) in [6.07, 6.45) is 11.5. The van der Waals surface area contributed by atoms with Crippen molar-refractivity contribution in [2.75, 3.05) is 0 Å². The molecule has 1 rings (SSSR count). The molecule has 94 valence electrons. The van der Waals surface area contributed by atoms with Gasteiger partial charge in [0.1, 0.15) is 23.5 Å². The SMILES string of the molecule is C/C=C\C/C=C(\C)OC1=CC=C=C(C#N)C(C#N)=C1. The molecule has 3 heteroatoms. The number of rotatable bonds is 4. The van der Waals surface area contributed by atoms with Gasteiger partial charge in [-0.15, -0.1) is 5.73 Å². The van der Waals surface area contributed by atoms with E-state index in [4.69, 9.17) is 15.3 Å². The highest BCUT2D eigenvalue weighted by molar-refractivity contribution is 5.53. The Bertz CT molecular complexity index is 610. The minimum absolute atomic E-state index is 0.216. The Kier molecular flexibility index (Phi) is 5.70. The number of hydrogen-bond acceptors (Lipinski definition) is 3. The Morgan fingerprint density at radius 3 is 2.84 bits per heavy atom. The Morgan fingerprint density at radius 2 is 2.21 bits per heavy atom. The Morgan fingerprint density at radius 1 is 1.42 bits per heavy atom. The molecule has 0 aromatic rings. The molecule has 0 bridgehead atoms. The van der Waals surface area contributed by atoms with Gasteiger partial charge < -0.3 is 4.74 Å². The van der Waals surface area contributed by atoms with E-state index in [1.807, 2.05) is 44.2 Å². The lowest BCUT2D eigenvalue weighted by Crippen LogP contribution is -1.90. The van der Waals surface area contributed by atoms with Crippen molar-refractivity contribution < 1.29 is 4.74 Å². The predicted octanol–water partition coefficient (Wildman–Crippen LogP) is 3.83. The van der Waals surface area contributed by atoms with E-state index in [1.165, 1.54) is 0 Å². The molecule has 0 aromatic heterocycles. The van der Waals surface area contributed by atoms with Crippen LogP contribution in [-0.2, 0) is 4.74 Å². The molecule has 0 saturated heterocycles. The zero-order valence-corrected chi connectivity index (χ0v) is 11.0. The van der Waals surface area contributed by atoms with Crippen LogP contribution in [0, 0.1) is 22.7 Å². The van der Waals surface area contributed by atoms with Gasteiger partial charge in [0.2, 0.25) is 0 Å². The van der Waals surface area contributed by atoms with Crippen LogP contribution in [0.15, 0.2) is 64.9 Å². The summed E-state index contributed by atoms with van der Waals surface area (Å²) in [5, 5.41) is 17.9. The third-order valence-electron chi connectivity index (χ3n) is 2.32. The maximum Gasteiger partial charge on any atom is 0.128 e. The lowest BCUT2D eigenvalue weighted by atomic mass is 10.1. The van der Waals surface area contributed by atoms with Crippen LogP contribution in [0.3, 0.4) is 0 Å². The highest BCUT2D eigenvalue weighted by Gasteiger charge is 2.07. The predicted molar refractivity (Wildman–Crippen MR) is 73.3 cm³/mol. The first kappa shape index (κ1) is 14.3. The van der Waals surface area contributed by atoms with Crippen molar-refractivity contribution >= 4 is 0 Å². The van der Waals surface area contributed by atoms with Crippen LogP contribution in [0.25, 0.3) is 0 Å². The van der Waals surface area contributed by atoms with Crippen LogP contribution < -0.4 is 0 Å². The van der Waals surface area contributed by atoms with Gasteiger partial charge in [0.25, 0.3) is 0 Å². The fourth-order valence-electron chi connectivity index (χ4n) is 1.39. The van der Waals surface area contributed by atoms with Crippen LogP contribution >= 0.6 is 0 Å². The molecular formula is C16H14N2O. The summed E-state index contributed by atoms with van der Waals surface area (Å²) in [4.78, 5) is 0. The highest BCUT2D eigenvalue weighted by atomic mass is 16.5. The summed E-state index contributed by atoms with van der Waals surface area (Å²) in [6, 6.07) is 3.90. The fourth-order valence-corrected chi connectivity index (χ4v) is 1.39. The molecule has 0 radical (unpaired) electrons. The second-order valence-electron chi connectivity index (χ2n) is 3.76. The van der Waals surface area contributed by atoms with Crippen LogP contribution in [0.4, 0.5) is 0 Å². The smallest absolute Gasteiger partial charge is 0.128 e. The molecule has 1 aliphatic carbocycles. The average molecular weight is 250 g/mol. The minimum Gasteiger partial charge on any atom is -0.462 e. The van der Waals surface area contributed by atoms with Gasteiger partial charge >= 0.3 is 0 Å². The summed E-state index contributed by atoms with van der Waals surface area (Å²) in [7, 11) is 0. The maximum absolute atomic E-state index is 8.99. The number of nitrogens with zero attached hydrogens (tertiary/aromatic N) is 2. The van der Waals surface area contributed by atoms with Gasteiger partial charge in [-0.1, -0.05) is 12.2 Å². The second-order valence-corrected chi connectivity index (χ2v) is 3.76. The van der Waals surface area contributed by atoms with Gasteiger partial charge in [-0.2, -0.15) is 10.5 Å². The lowest BCUT2D eigenvalue weighted by molar-refractivity contribution is 0.321. The molecule has 0 heterocycles. The van der Waals surface area contributed by atoms with Gasteiger partial charge in [0.05, 0.1) is 11.3 Å². The molecule has 0 aromatic carbocycles. The average Bonchev–Trinajstić information content (AvgIpc) is 2.60. The van der Waals surface area contributed by atoms with Crippen molar-refractivity contribution in [1.29, 1.82) is 10.5 Å². The molecule has 0 fully saturated rings. The highest BCUT2D eigenvalue weighted by Crippen LogP contribution is 2.17. The summed E-state index contributed by atoms with van der Waals surface area (Å²) in [5.41, 5.74) is 3.21. The standard InChI is InChI=1S/C16H14N2O/c1-3-4-5-7-13(2)19-16-9-6-8-14(11-17)15(10-16)12-18/h3-4,6-7,9-10H,5H2,1-2H3/b4-3-,13-7+. The molecule has 0 aliphatic heterocycles. The van der Waals surface area contributed by atoms with Crippen molar-refractivity contribution in [2.24, 2.45) is 0 Å². The summed E-state index contributed by atoms with van der Waals surface area (Å²) in [5.74, 6) is 1.26. The number of allylic oxidation sites excluding steroid dienone is 8. The largest absolute Gasteiger partial charge is 0.462 e. The molecule has 0 unspecified atom stereocenters. The Labute approximate surface area is 113 Å². The van der Waals surface area contributed by atoms with Crippen LogP contribution in [0.2, 0.25) is 0 Å². The Hall–Kier alpha value is -2.74. The molecule has 19 heavy (non-hydrogen) atoms. The van der Waals surface area contributed by atoms with Gasteiger partial charge in [-0.05, 0) is 38.5 Å². The third-order valence-corrected chi connectivity index (χ3v) is 2.32. The van der Waals surface area contributed by atoms with Gasteiger partial charge in [0.15, 0.2) is 0 Å². The third kappa shape index (κ3) is 4.56. The zero-order chi connectivity index (χ0) is 14.1. The first-order valence-corrected chi connectivity index (χ1v) is 5.86. The zero-order valence-electron chi connectivity index (χ0n) is 11.0. The van der Waals surface area contributed by atoms with Gasteiger partial charge in [0, 0.05) is 6.08 Å².